The molecule has 1 atom stereocenters. The van der Waals surface area contributed by atoms with Gasteiger partial charge in [-0.05, 0) is 46.8 Å². The lowest BCUT2D eigenvalue weighted by Gasteiger charge is -2.36. The van der Waals surface area contributed by atoms with Crippen LogP contribution < -0.4 is 10.2 Å². The second-order valence-corrected chi connectivity index (χ2v) is 6.12. The molecule has 92 valence electrons. The molecular weight excluding hydrogens is 300 g/mol. The predicted octanol–water partition coefficient (Wildman–Crippen LogP) is 3.29. The molecule has 1 aliphatic carbocycles. The number of piperazine rings is 1. The van der Waals surface area contributed by atoms with Crippen LogP contribution in [0.25, 0.3) is 0 Å². The smallest absolute Gasteiger partial charge is 0.0595 e. The van der Waals surface area contributed by atoms with Gasteiger partial charge in [-0.1, -0.05) is 17.7 Å². The second kappa shape index (κ2) is 4.79. The zero-order chi connectivity index (χ0) is 11.8. The largest absolute Gasteiger partial charge is 0.368 e. The third kappa shape index (κ3) is 2.47. The SMILES string of the molecule is Clc1cccc(N2CCNC(C3CC3)C2)c1Br. The van der Waals surface area contributed by atoms with Gasteiger partial charge in [0, 0.05) is 25.7 Å². The van der Waals surface area contributed by atoms with E-state index in [0.29, 0.717) is 6.04 Å². The van der Waals surface area contributed by atoms with Gasteiger partial charge >= 0.3 is 0 Å². The maximum absolute atomic E-state index is 6.16. The Morgan fingerprint density at radius 1 is 1.35 bits per heavy atom. The van der Waals surface area contributed by atoms with Gasteiger partial charge in [0.1, 0.15) is 0 Å². The number of nitrogens with zero attached hydrogens (tertiary/aromatic N) is 1. The van der Waals surface area contributed by atoms with E-state index < -0.39 is 0 Å². The quantitative estimate of drug-likeness (QED) is 0.901. The Kier molecular flexibility index (Phi) is 3.33. The number of rotatable bonds is 2. The van der Waals surface area contributed by atoms with Gasteiger partial charge < -0.3 is 10.2 Å². The highest BCUT2D eigenvalue weighted by molar-refractivity contribution is 9.10. The van der Waals surface area contributed by atoms with E-state index in [1.807, 2.05) is 12.1 Å². The van der Waals surface area contributed by atoms with E-state index in [1.54, 1.807) is 0 Å². The minimum absolute atomic E-state index is 0.662. The van der Waals surface area contributed by atoms with Crippen molar-refractivity contribution in [3.05, 3.63) is 27.7 Å². The van der Waals surface area contributed by atoms with Crippen molar-refractivity contribution < 1.29 is 0 Å². The van der Waals surface area contributed by atoms with Crippen LogP contribution in [0.3, 0.4) is 0 Å². The molecule has 3 rings (SSSR count). The molecule has 1 aromatic carbocycles. The third-order valence-corrected chi connectivity index (χ3v) is 5.04. The first-order valence-corrected chi connectivity index (χ1v) is 7.35. The summed E-state index contributed by atoms with van der Waals surface area (Å²) in [6.07, 6.45) is 2.78. The minimum Gasteiger partial charge on any atom is -0.368 e. The van der Waals surface area contributed by atoms with Gasteiger partial charge in [0.15, 0.2) is 0 Å². The van der Waals surface area contributed by atoms with Gasteiger partial charge in [-0.3, -0.25) is 0 Å². The van der Waals surface area contributed by atoms with Crippen LogP contribution in [0.1, 0.15) is 12.8 Å². The van der Waals surface area contributed by atoms with Crippen molar-refractivity contribution in [2.24, 2.45) is 5.92 Å². The fourth-order valence-electron chi connectivity index (χ4n) is 2.55. The van der Waals surface area contributed by atoms with Gasteiger partial charge in [-0.15, -0.1) is 0 Å². The summed E-state index contributed by atoms with van der Waals surface area (Å²) >= 11 is 9.75. The normalized spacial score (nSPS) is 25.1. The number of benzene rings is 1. The molecular formula is C13H16BrClN2. The number of hydrogen-bond donors (Lipinski definition) is 1. The summed E-state index contributed by atoms with van der Waals surface area (Å²) < 4.78 is 1.03. The lowest BCUT2D eigenvalue weighted by Crippen LogP contribution is -2.51. The number of halogens is 2. The van der Waals surface area contributed by atoms with Crippen LogP contribution in [0.4, 0.5) is 5.69 Å². The van der Waals surface area contributed by atoms with Crippen LogP contribution >= 0.6 is 27.5 Å². The highest BCUT2D eigenvalue weighted by Crippen LogP contribution is 2.37. The van der Waals surface area contributed by atoms with E-state index in [0.717, 1.165) is 35.0 Å². The standard InChI is InChI=1S/C13H16BrClN2/c14-13-10(15)2-1-3-12(13)17-7-6-16-11(8-17)9-4-5-9/h1-3,9,11,16H,4-8H2. The monoisotopic (exact) mass is 314 g/mol. The van der Waals surface area contributed by atoms with E-state index in [1.165, 1.54) is 18.5 Å². The van der Waals surface area contributed by atoms with Crippen LogP contribution in [0.15, 0.2) is 22.7 Å². The third-order valence-electron chi connectivity index (χ3n) is 3.67. The summed E-state index contributed by atoms with van der Waals surface area (Å²) in [6, 6.07) is 6.76. The van der Waals surface area contributed by atoms with E-state index in [2.05, 4.69) is 32.2 Å². The highest BCUT2D eigenvalue weighted by Gasteiger charge is 2.34. The minimum atomic E-state index is 0.662. The zero-order valence-corrected chi connectivity index (χ0v) is 12.0. The molecule has 0 radical (unpaired) electrons. The topological polar surface area (TPSA) is 15.3 Å². The van der Waals surface area contributed by atoms with Crippen LogP contribution in [0.5, 0.6) is 0 Å². The summed E-state index contributed by atoms with van der Waals surface area (Å²) in [5.74, 6) is 0.899. The van der Waals surface area contributed by atoms with Crippen molar-refractivity contribution in [1.82, 2.24) is 5.32 Å². The molecule has 2 nitrogen and oxygen atoms in total. The lowest BCUT2D eigenvalue weighted by molar-refractivity contribution is 0.418. The molecule has 0 aromatic heterocycles. The Bertz CT molecular complexity index is 420. The van der Waals surface area contributed by atoms with Crippen molar-refractivity contribution in [3.8, 4) is 0 Å². The fraction of sp³-hybridized carbons (Fsp3) is 0.538. The van der Waals surface area contributed by atoms with Crippen molar-refractivity contribution in [3.63, 3.8) is 0 Å². The maximum atomic E-state index is 6.16. The first-order chi connectivity index (χ1) is 8.25. The molecule has 0 spiro atoms. The Morgan fingerprint density at radius 3 is 2.94 bits per heavy atom. The van der Waals surface area contributed by atoms with Crippen molar-refractivity contribution >= 4 is 33.2 Å². The molecule has 1 saturated heterocycles. The molecule has 1 aliphatic heterocycles. The van der Waals surface area contributed by atoms with Crippen LogP contribution in [0.2, 0.25) is 5.02 Å². The second-order valence-electron chi connectivity index (χ2n) is 4.92. The molecule has 2 fully saturated rings. The van der Waals surface area contributed by atoms with Crippen molar-refractivity contribution in [1.29, 1.82) is 0 Å². The van der Waals surface area contributed by atoms with Gasteiger partial charge in [-0.25, -0.2) is 0 Å². The van der Waals surface area contributed by atoms with Crippen molar-refractivity contribution in [2.45, 2.75) is 18.9 Å². The predicted molar refractivity (Wildman–Crippen MR) is 75.9 cm³/mol. The molecule has 2 aliphatic rings. The summed E-state index contributed by atoms with van der Waals surface area (Å²) in [6.45, 7) is 3.23. The molecule has 17 heavy (non-hydrogen) atoms. The first-order valence-electron chi connectivity index (χ1n) is 6.18. The fourth-order valence-corrected chi connectivity index (χ4v) is 3.23. The average molecular weight is 316 g/mol. The van der Waals surface area contributed by atoms with E-state index >= 15 is 0 Å². The molecule has 1 N–H and O–H groups in total. The zero-order valence-electron chi connectivity index (χ0n) is 9.63. The molecule has 0 amide bonds. The Balaban J connectivity index is 1.80. The van der Waals surface area contributed by atoms with Crippen LogP contribution in [0, 0.1) is 5.92 Å². The Morgan fingerprint density at radius 2 is 2.18 bits per heavy atom. The van der Waals surface area contributed by atoms with Gasteiger partial charge in [0.05, 0.1) is 15.2 Å². The first kappa shape index (κ1) is 11.8. The molecule has 1 heterocycles. The Labute approximate surface area is 115 Å². The van der Waals surface area contributed by atoms with E-state index in [-0.39, 0.29) is 0 Å². The van der Waals surface area contributed by atoms with Gasteiger partial charge in [0.25, 0.3) is 0 Å². The Hall–Kier alpha value is -0.250. The summed E-state index contributed by atoms with van der Waals surface area (Å²) in [5.41, 5.74) is 1.23. The summed E-state index contributed by atoms with van der Waals surface area (Å²) in [4.78, 5) is 2.44. The number of nitrogens with one attached hydrogen (secondary N) is 1. The van der Waals surface area contributed by atoms with Gasteiger partial charge in [-0.2, -0.15) is 0 Å². The molecule has 1 unspecified atom stereocenters. The van der Waals surface area contributed by atoms with Crippen LogP contribution in [-0.2, 0) is 0 Å². The molecule has 0 bridgehead atoms. The number of anilines is 1. The maximum Gasteiger partial charge on any atom is 0.0595 e. The van der Waals surface area contributed by atoms with Gasteiger partial charge in [0.2, 0.25) is 0 Å². The van der Waals surface area contributed by atoms with E-state index in [4.69, 9.17) is 11.6 Å². The lowest BCUT2D eigenvalue weighted by atomic mass is 10.1. The number of hydrogen-bond acceptors (Lipinski definition) is 2. The highest BCUT2D eigenvalue weighted by atomic mass is 79.9. The molecule has 4 heteroatoms. The van der Waals surface area contributed by atoms with Crippen molar-refractivity contribution in [2.75, 3.05) is 24.5 Å². The molecule has 1 aromatic rings. The van der Waals surface area contributed by atoms with E-state index in [9.17, 15) is 0 Å². The average Bonchev–Trinajstić information content (AvgIpc) is 3.17. The molecule has 1 saturated carbocycles. The summed E-state index contributed by atoms with van der Waals surface area (Å²) in [7, 11) is 0. The van der Waals surface area contributed by atoms with Crippen LogP contribution in [-0.4, -0.2) is 25.7 Å². The summed E-state index contributed by atoms with van der Waals surface area (Å²) in [5, 5.41) is 4.42.